The number of ether oxygens (including phenoxy) is 4. The number of hydrogen-bond donors (Lipinski definition) is 1. The normalized spacial score (nSPS) is 11.1. The van der Waals surface area contributed by atoms with Crippen LogP contribution < -0.4 is 18.9 Å². The quantitative estimate of drug-likeness (QED) is 0.369. The molecule has 0 saturated carbocycles. The van der Waals surface area contributed by atoms with E-state index in [-0.39, 0.29) is 28.1 Å². The molecule has 3 aromatic rings. The van der Waals surface area contributed by atoms with E-state index in [0.29, 0.717) is 11.3 Å². The topological polar surface area (TPSA) is 126 Å². The van der Waals surface area contributed by atoms with Crippen LogP contribution in [0, 0.1) is 0 Å². The van der Waals surface area contributed by atoms with E-state index in [4.69, 9.17) is 14.2 Å². The number of nitrogens with zero attached hydrogens (tertiary/aromatic N) is 2. The molecule has 0 spiro atoms. The summed E-state index contributed by atoms with van der Waals surface area (Å²) in [5, 5.41) is 0. The van der Waals surface area contributed by atoms with Crippen molar-refractivity contribution in [2.45, 2.75) is 4.90 Å². The number of esters is 1. The number of rotatable bonds is 9. The lowest BCUT2D eigenvalue weighted by molar-refractivity contribution is -0.134. The lowest BCUT2D eigenvalue weighted by Gasteiger charge is -2.15. The Morgan fingerprint density at radius 1 is 1.00 bits per heavy atom. The number of hydrogen-bond acceptors (Lipinski definition) is 9. The summed E-state index contributed by atoms with van der Waals surface area (Å²) in [7, 11) is -0.146. The first-order valence-corrected chi connectivity index (χ1v) is 10.9. The van der Waals surface area contributed by atoms with Gasteiger partial charge < -0.3 is 18.9 Å². The van der Waals surface area contributed by atoms with Crippen molar-refractivity contribution in [3.8, 4) is 23.3 Å². The third-order valence-corrected chi connectivity index (χ3v) is 5.61. The summed E-state index contributed by atoms with van der Waals surface area (Å²) in [6.45, 7) is 0. The summed E-state index contributed by atoms with van der Waals surface area (Å²) < 4.78 is 49.4. The Morgan fingerprint density at radius 2 is 1.70 bits per heavy atom. The van der Waals surface area contributed by atoms with Gasteiger partial charge in [-0.3, -0.25) is 4.72 Å². The SMILES string of the molecule is COC(=O)/C=C/c1cc(OC)c(OC)c(S(=O)(=O)Nc2ccc(Oc3ncccn3)cc2)c1. The zero-order chi connectivity index (χ0) is 23.8. The number of aromatic nitrogens is 2. The van der Waals surface area contributed by atoms with Gasteiger partial charge in [-0.2, -0.15) is 0 Å². The Morgan fingerprint density at radius 3 is 2.30 bits per heavy atom. The second kappa shape index (κ2) is 10.5. The molecule has 0 radical (unpaired) electrons. The van der Waals surface area contributed by atoms with Crippen LogP contribution in [0.1, 0.15) is 5.56 Å². The van der Waals surface area contributed by atoms with Gasteiger partial charge in [0.05, 0.1) is 21.3 Å². The molecular formula is C22H21N3O7S. The molecule has 172 valence electrons. The van der Waals surface area contributed by atoms with Crippen molar-refractivity contribution in [1.82, 2.24) is 9.97 Å². The fraction of sp³-hybridized carbons (Fsp3) is 0.136. The van der Waals surface area contributed by atoms with Gasteiger partial charge in [-0.1, -0.05) is 0 Å². The predicted octanol–water partition coefficient (Wildman–Crippen LogP) is 3.27. The molecule has 0 bridgehead atoms. The van der Waals surface area contributed by atoms with Crippen molar-refractivity contribution in [1.29, 1.82) is 0 Å². The number of benzene rings is 2. The molecular weight excluding hydrogens is 450 g/mol. The maximum atomic E-state index is 13.2. The number of methoxy groups -OCH3 is 3. The van der Waals surface area contributed by atoms with E-state index < -0.39 is 16.0 Å². The summed E-state index contributed by atoms with van der Waals surface area (Å²) >= 11 is 0. The molecule has 0 fully saturated rings. The summed E-state index contributed by atoms with van der Waals surface area (Å²) in [6, 6.07) is 10.9. The second-order valence-electron chi connectivity index (χ2n) is 6.37. The molecule has 0 aliphatic carbocycles. The van der Waals surface area contributed by atoms with Gasteiger partial charge >= 0.3 is 12.0 Å². The van der Waals surface area contributed by atoms with Gasteiger partial charge in [-0.05, 0) is 54.1 Å². The molecule has 1 heterocycles. The second-order valence-corrected chi connectivity index (χ2v) is 8.03. The molecule has 11 heteroatoms. The molecule has 2 aromatic carbocycles. The standard InChI is InChI=1S/C22H21N3O7S/c1-29-18-13-15(5-10-20(26)30-2)14-19(21(18)31-3)33(27,28)25-16-6-8-17(9-7-16)32-22-23-11-4-12-24-22/h4-14,25H,1-3H3/b10-5+. The first-order chi connectivity index (χ1) is 15.9. The fourth-order valence-corrected chi connectivity index (χ4v) is 4.00. The average Bonchev–Trinajstić information content (AvgIpc) is 2.83. The maximum absolute atomic E-state index is 13.2. The lowest BCUT2D eigenvalue weighted by Crippen LogP contribution is -2.15. The van der Waals surface area contributed by atoms with Crippen LogP contribution in [0.2, 0.25) is 0 Å². The Kier molecular flexibility index (Phi) is 7.46. The Bertz CT molecular complexity index is 1240. The minimum absolute atomic E-state index is 0.0152. The Labute approximate surface area is 190 Å². The van der Waals surface area contributed by atoms with E-state index in [0.717, 1.165) is 0 Å². The molecule has 33 heavy (non-hydrogen) atoms. The van der Waals surface area contributed by atoms with Gasteiger partial charge in [-0.25, -0.2) is 23.2 Å². The monoisotopic (exact) mass is 471 g/mol. The van der Waals surface area contributed by atoms with Gasteiger partial charge in [0.25, 0.3) is 10.0 Å². The molecule has 0 aliphatic heterocycles. The lowest BCUT2D eigenvalue weighted by atomic mass is 10.2. The predicted molar refractivity (Wildman–Crippen MR) is 120 cm³/mol. The van der Waals surface area contributed by atoms with Crippen LogP contribution in [0.15, 0.2) is 65.8 Å². The van der Waals surface area contributed by atoms with Crippen LogP contribution in [0.25, 0.3) is 6.08 Å². The zero-order valence-corrected chi connectivity index (χ0v) is 18.8. The van der Waals surface area contributed by atoms with Crippen LogP contribution in [0.3, 0.4) is 0 Å². The van der Waals surface area contributed by atoms with Crippen LogP contribution in [-0.2, 0) is 19.6 Å². The van der Waals surface area contributed by atoms with Crippen LogP contribution in [0.5, 0.6) is 23.3 Å². The van der Waals surface area contributed by atoms with Crippen molar-refractivity contribution < 1.29 is 32.2 Å². The zero-order valence-electron chi connectivity index (χ0n) is 18.0. The van der Waals surface area contributed by atoms with Gasteiger partial charge in [0.1, 0.15) is 10.6 Å². The van der Waals surface area contributed by atoms with Crippen LogP contribution >= 0.6 is 0 Å². The molecule has 1 N–H and O–H groups in total. The molecule has 3 rings (SSSR count). The number of sulfonamides is 1. The molecule has 0 aliphatic rings. The van der Waals surface area contributed by atoms with Gasteiger partial charge in [0.15, 0.2) is 11.5 Å². The van der Waals surface area contributed by atoms with Crippen molar-refractivity contribution in [2.75, 3.05) is 26.1 Å². The summed E-state index contributed by atoms with van der Waals surface area (Å²) in [5.74, 6) is 0.0340. The first-order valence-electron chi connectivity index (χ1n) is 9.46. The number of nitrogens with one attached hydrogen (secondary N) is 1. The van der Waals surface area contributed by atoms with Crippen molar-refractivity contribution >= 4 is 27.8 Å². The molecule has 0 atom stereocenters. The van der Waals surface area contributed by atoms with Crippen molar-refractivity contribution in [3.05, 3.63) is 66.5 Å². The molecule has 10 nitrogen and oxygen atoms in total. The highest BCUT2D eigenvalue weighted by Crippen LogP contribution is 2.37. The Hall–Kier alpha value is -4.12. The maximum Gasteiger partial charge on any atom is 0.330 e. The van der Waals surface area contributed by atoms with E-state index in [2.05, 4.69) is 19.4 Å². The van der Waals surface area contributed by atoms with E-state index >= 15 is 0 Å². The van der Waals surface area contributed by atoms with E-state index in [9.17, 15) is 13.2 Å². The minimum Gasteiger partial charge on any atom is -0.493 e. The highest BCUT2D eigenvalue weighted by atomic mass is 32.2. The number of carbonyl (C=O) groups excluding carboxylic acids is 1. The largest absolute Gasteiger partial charge is 0.493 e. The summed E-state index contributed by atoms with van der Waals surface area (Å²) in [5.41, 5.74) is 0.679. The first kappa shape index (κ1) is 23.5. The number of carbonyl (C=O) groups is 1. The third kappa shape index (κ3) is 5.98. The highest BCUT2D eigenvalue weighted by molar-refractivity contribution is 7.92. The van der Waals surface area contributed by atoms with E-state index in [1.54, 1.807) is 30.6 Å². The van der Waals surface area contributed by atoms with Gasteiger partial charge in [0, 0.05) is 24.2 Å². The smallest absolute Gasteiger partial charge is 0.330 e. The third-order valence-electron chi connectivity index (χ3n) is 4.23. The number of anilines is 1. The van der Waals surface area contributed by atoms with Crippen LogP contribution in [0.4, 0.5) is 5.69 Å². The summed E-state index contributed by atoms with van der Waals surface area (Å²) in [6.07, 6.45) is 5.66. The van der Waals surface area contributed by atoms with Gasteiger partial charge in [-0.15, -0.1) is 0 Å². The molecule has 0 unspecified atom stereocenters. The van der Waals surface area contributed by atoms with Crippen LogP contribution in [-0.4, -0.2) is 45.7 Å². The summed E-state index contributed by atoms with van der Waals surface area (Å²) in [4.78, 5) is 19.2. The van der Waals surface area contributed by atoms with Gasteiger partial charge in [0.2, 0.25) is 0 Å². The fourth-order valence-electron chi connectivity index (χ4n) is 2.72. The van der Waals surface area contributed by atoms with Crippen molar-refractivity contribution in [2.24, 2.45) is 0 Å². The Balaban J connectivity index is 1.89. The average molecular weight is 471 g/mol. The van der Waals surface area contributed by atoms with E-state index in [1.165, 1.54) is 57.7 Å². The minimum atomic E-state index is -4.10. The van der Waals surface area contributed by atoms with Crippen molar-refractivity contribution in [3.63, 3.8) is 0 Å². The highest BCUT2D eigenvalue weighted by Gasteiger charge is 2.24. The molecule has 1 aromatic heterocycles. The molecule has 0 amide bonds. The molecule has 0 saturated heterocycles. The van der Waals surface area contributed by atoms with E-state index in [1.807, 2.05) is 0 Å².